The van der Waals surface area contributed by atoms with Crippen molar-refractivity contribution in [2.24, 2.45) is 5.73 Å². The molecule has 1 aliphatic rings. The number of rotatable bonds is 9. The van der Waals surface area contributed by atoms with Gasteiger partial charge < -0.3 is 16.5 Å². The number of allylic oxidation sites excluding steroid dienone is 4. The minimum Gasteiger partial charge on any atom is -0.398 e. The van der Waals surface area contributed by atoms with Gasteiger partial charge in [0.25, 0.3) is 0 Å². The lowest BCUT2D eigenvalue weighted by molar-refractivity contribution is 0.401. The first-order valence-electron chi connectivity index (χ1n) is 10.7. The van der Waals surface area contributed by atoms with Crippen LogP contribution in [0.25, 0.3) is 5.70 Å². The average Bonchev–Trinajstić information content (AvgIpc) is 2.80. The molecule has 1 aliphatic carbocycles. The molecule has 0 saturated heterocycles. The van der Waals surface area contributed by atoms with Crippen molar-refractivity contribution >= 4 is 11.4 Å². The highest BCUT2D eigenvalue weighted by atomic mass is 19.1. The predicted molar refractivity (Wildman–Crippen MR) is 126 cm³/mol. The molecule has 0 spiro atoms. The van der Waals surface area contributed by atoms with E-state index in [-0.39, 0.29) is 35.3 Å². The molecule has 0 saturated carbocycles. The molecule has 3 rings (SSSR count). The summed E-state index contributed by atoms with van der Waals surface area (Å²) in [6.45, 7) is 5.98. The Hall–Kier alpha value is -3.61. The molecule has 2 unspecified atom stereocenters. The van der Waals surface area contributed by atoms with Gasteiger partial charge in [-0.15, -0.1) is 0 Å². The van der Waals surface area contributed by atoms with Gasteiger partial charge in [0.05, 0.1) is 11.4 Å². The summed E-state index contributed by atoms with van der Waals surface area (Å²) < 4.78 is 42.1. The fraction of sp³-hybridized carbons (Fsp3) is 0.231. The number of pyridine rings is 1. The van der Waals surface area contributed by atoms with Crippen LogP contribution in [0.1, 0.15) is 36.6 Å². The number of aromatic nitrogens is 1. The van der Waals surface area contributed by atoms with Crippen LogP contribution in [0, 0.1) is 17.0 Å². The zero-order valence-corrected chi connectivity index (χ0v) is 18.4. The second kappa shape index (κ2) is 10.8. The minimum atomic E-state index is -1.06. The lowest BCUT2D eigenvalue weighted by Crippen LogP contribution is -2.30. The van der Waals surface area contributed by atoms with Gasteiger partial charge >= 0.3 is 0 Å². The van der Waals surface area contributed by atoms with Gasteiger partial charge in [-0.05, 0) is 42.3 Å². The van der Waals surface area contributed by atoms with Gasteiger partial charge in [0.2, 0.25) is 0 Å². The van der Waals surface area contributed by atoms with Crippen LogP contribution in [0.3, 0.4) is 0 Å². The van der Waals surface area contributed by atoms with E-state index in [0.717, 1.165) is 0 Å². The zero-order chi connectivity index (χ0) is 24.0. The maximum atomic E-state index is 14.8. The normalized spacial score (nSPS) is 16.8. The van der Waals surface area contributed by atoms with E-state index >= 15 is 0 Å². The number of nitrogens with one attached hydrogen (secondary N) is 2. The van der Waals surface area contributed by atoms with E-state index in [0.29, 0.717) is 35.4 Å². The highest BCUT2D eigenvalue weighted by molar-refractivity contribution is 6.10. The van der Waals surface area contributed by atoms with Gasteiger partial charge in [0.1, 0.15) is 17.8 Å². The molecule has 4 nitrogen and oxygen atoms in total. The molecule has 1 heterocycles. The summed E-state index contributed by atoms with van der Waals surface area (Å²) in [7, 11) is 0. The second-order valence-corrected chi connectivity index (χ2v) is 7.81. The fourth-order valence-corrected chi connectivity index (χ4v) is 3.59. The lowest BCUT2D eigenvalue weighted by Gasteiger charge is -2.22. The average molecular weight is 453 g/mol. The molecule has 0 aliphatic heterocycles. The molecule has 172 valence electrons. The largest absolute Gasteiger partial charge is 0.398 e. The summed E-state index contributed by atoms with van der Waals surface area (Å²) >= 11 is 0. The van der Waals surface area contributed by atoms with E-state index in [1.54, 1.807) is 18.2 Å². The molecule has 1 aromatic carbocycles. The molecule has 2 aromatic rings. The Kier molecular flexibility index (Phi) is 7.87. The molecule has 7 heteroatoms. The second-order valence-electron chi connectivity index (χ2n) is 7.81. The van der Waals surface area contributed by atoms with Crippen molar-refractivity contribution in [3.8, 4) is 0 Å². The van der Waals surface area contributed by atoms with E-state index in [4.69, 9.17) is 11.1 Å². The van der Waals surface area contributed by atoms with Gasteiger partial charge in [0.15, 0.2) is 0 Å². The van der Waals surface area contributed by atoms with E-state index in [9.17, 15) is 13.2 Å². The van der Waals surface area contributed by atoms with E-state index in [2.05, 4.69) is 16.9 Å². The minimum absolute atomic E-state index is 0.0422. The van der Waals surface area contributed by atoms with Gasteiger partial charge in [-0.3, -0.25) is 4.98 Å². The van der Waals surface area contributed by atoms with Crippen molar-refractivity contribution in [1.29, 1.82) is 5.41 Å². The van der Waals surface area contributed by atoms with Crippen LogP contribution in [0.5, 0.6) is 0 Å². The van der Waals surface area contributed by atoms with Crippen LogP contribution in [0.4, 0.5) is 13.2 Å². The van der Waals surface area contributed by atoms with Crippen LogP contribution in [0.2, 0.25) is 0 Å². The summed E-state index contributed by atoms with van der Waals surface area (Å²) in [4.78, 5) is 4.09. The van der Waals surface area contributed by atoms with E-state index in [1.165, 1.54) is 42.6 Å². The van der Waals surface area contributed by atoms with Gasteiger partial charge in [-0.1, -0.05) is 37.8 Å². The molecular formula is C26H27F3N4. The summed E-state index contributed by atoms with van der Waals surface area (Å²) in [5.41, 5.74) is 7.96. The quantitative estimate of drug-likeness (QED) is 0.448. The van der Waals surface area contributed by atoms with Crippen molar-refractivity contribution < 1.29 is 13.2 Å². The third kappa shape index (κ3) is 6.00. The van der Waals surface area contributed by atoms with Crippen molar-refractivity contribution in [3.63, 3.8) is 0 Å². The Bertz CT molecular complexity index is 1130. The summed E-state index contributed by atoms with van der Waals surface area (Å²) in [6.07, 6.45) is 7.61. The van der Waals surface area contributed by atoms with E-state index in [1.807, 2.05) is 6.92 Å². The van der Waals surface area contributed by atoms with Crippen molar-refractivity contribution in [1.82, 2.24) is 10.3 Å². The van der Waals surface area contributed by atoms with Crippen LogP contribution < -0.4 is 11.1 Å². The third-order valence-electron chi connectivity index (χ3n) is 5.43. The van der Waals surface area contributed by atoms with Crippen LogP contribution in [-0.4, -0.2) is 22.9 Å². The summed E-state index contributed by atoms with van der Waals surface area (Å²) in [6, 6.07) is 7.16. The summed E-state index contributed by atoms with van der Waals surface area (Å²) in [5.74, 6) is -0.979. The Labute approximate surface area is 191 Å². The predicted octanol–water partition coefficient (Wildman–Crippen LogP) is 5.38. The monoisotopic (exact) mass is 452 g/mol. The van der Waals surface area contributed by atoms with Crippen molar-refractivity contribution in [2.45, 2.75) is 38.4 Å². The number of nitrogens with two attached hydrogens (primary N) is 1. The van der Waals surface area contributed by atoms with E-state index < -0.39 is 12.0 Å². The van der Waals surface area contributed by atoms with Crippen LogP contribution in [0.15, 0.2) is 78.7 Å². The van der Waals surface area contributed by atoms with Gasteiger partial charge in [-0.25, -0.2) is 13.2 Å². The van der Waals surface area contributed by atoms with Crippen molar-refractivity contribution in [3.05, 3.63) is 107 Å². The first-order valence-corrected chi connectivity index (χ1v) is 10.7. The topological polar surface area (TPSA) is 74.8 Å². The molecule has 0 fully saturated rings. The van der Waals surface area contributed by atoms with Gasteiger partial charge in [0, 0.05) is 47.6 Å². The molecular weight excluding hydrogens is 425 g/mol. The number of halogens is 3. The van der Waals surface area contributed by atoms with Crippen molar-refractivity contribution in [2.75, 3.05) is 0 Å². The Balaban J connectivity index is 1.83. The van der Waals surface area contributed by atoms with Gasteiger partial charge in [-0.2, -0.15) is 0 Å². The standard InChI is InChI=1S/C26H27F3N4/c1-3-19(14-25-21(28)8-5-13-32-25)33-16(2)20-6-4-7-22(29)26(20)24(31)15-23(30)17-9-11-18(27)12-10-17/h4-11,13,15,18-19,31,33H,2-3,12,14,30H2,1H3/b23-15-,31-24?. The number of hydrogen-bond acceptors (Lipinski definition) is 4. The first kappa shape index (κ1) is 24.0. The first-order chi connectivity index (χ1) is 15.8. The number of alkyl halides is 1. The van der Waals surface area contributed by atoms with Crippen LogP contribution in [-0.2, 0) is 6.42 Å². The molecule has 0 bridgehead atoms. The highest BCUT2D eigenvalue weighted by Crippen LogP contribution is 2.23. The smallest absolute Gasteiger partial charge is 0.144 e. The Morgan fingerprint density at radius 1 is 1.30 bits per heavy atom. The SMILES string of the molecule is C=C(NC(CC)Cc1ncccc1F)c1cccc(F)c1C(=N)/C=C(\N)C1=CCC(F)C=C1. The number of hydrogen-bond donors (Lipinski definition) is 3. The summed E-state index contributed by atoms with van der Waals surface area (Å²) in [5, 5.41) is 11.7. The molecule has 33 heavy (non-hydrogen) atoms. The highest BCUT2D eigenvalue weighted by Gasteiger charge is 2.18. The Morgan fingerprint density at radius 3 is 2.73 bits per heavy atom. The Morgan fingerprint density at radius 2 is 2.06 bits per heavy atom. The molecule has 2 atom stereocenters. The van der Waals surface area contributed by atoms with Crippen LogP contribution >= 0.6 is 0 Å². The number of benzene rings is 1. The fourth-order valence-electron chi connectivity index (χ4n) is 3.59. The molecule has 1 aromatic heterocycles. The maximum absolute atomic E-state index is 14.8. The maximum Gasteiger partial charge on any atom is 0.144 e. The third-order valence-corrected chi connectivity index (χ3v) is 5.43. The molecule has 0 radical (unpaired) electrons. The molecule has 0 amide bonds. The zero-order valence-electron chi connectivity index (χ0n) is 18.4. The molecule has 4 N–H and O–H groups in total. The lowest BCUT2D eigenvalue weighted by atomic mass is 9.96. The number of nitrogens with zero attached hydrogens (tertiary/aromatic N) is 1.